The molecule has 1 aliphatic rings. The van der Waals surface area contributed by atoms with E-state index in [1.165, 1.54) is 0 Å². The molecule has 0 bridgehead atoms. The summed E-state index contributed by atoms with van der Waals surface area (Å²) in [5, 5.41) is 7.56. The molecule has 0 aliphatic heterocycles. The van der Waals surface area contributed by atoms with Crippen molar-refractivity contribution >= 4 is 21.8 Å². The number of nitrogens with two attached hydrogens (primary N) is 1. The molecule has 0 fully saturated rings. The van der Waals surface area contributed by atoms with Gasteiger partial charge in [-0.1, -0.05) is 22.0 Å². The van der Waals surface area contributed by atoms with Crippen LogP contribution in [0.1, 0.15) is 48.4 Å². The summed E-state index contributed by atoms with van der Waals surface area (Å²) in [4.78, 5) is 12.6. The summed E-state index contributed by atoms with van der Waals surface area (Å²) in [5.74, 6) is -0.138. The average molecular weight is 391 g/mol. The van der Waals surface area contributed by atoms with Crippen molar-refractivity contribution in [2.45, 2.75) is 45.1 Å². The summed E-state index contributed by atoms with van der Waals surface area (Å²) in [6.07, 6.45) is 4.08. The number of hydrogen-bond acceptors (Lipinski definition) is 3. The second-order valence-corrected chi connectivity index (χ2v) is 7.96. The number of hydrogen-bond donors (Lipinski definition) is 2. The second kappa shape index (κ2) is 6.69. The van der Waals surface area contributed by atoms with Gasteiger partial charge in [0.05, 0.1) is 5.69 Å². The van der Waals surface area contributed by atoms with Crippen LogP contribution >= 0.6 is 15.9 Å². The van der Waals surface area contributed by atoms with Crippen LogP contribution in [-0.4, -0.2) is 27.8 Å². The molecule has 1 aromatic carbocycles. The topological polar surface area (TPSA) is 72.9 Å². The zero-order valence-electron chi connectivity index (χ0n) is 14.1. The Morgan fingerprint density at radius 3 is 2.83 bits per heavy atom. The van der Waals surface area contributed by atoms with Crippen molar-refractivity contribution in [3.05, 3.63) is 45.7 Å². The Bertz CT molecular complexity index is 761. The van der Waals surface area contributed by atoms with Gasteiger partial charge < -0.3 is 11.1 Å². The van der Waals surface area contributed by atoms with E-state index in [4.69, 9.17) is 5.73 Å². The highest BCUT2D eigenvalue weighted by Crippen LogP contribution is 2.27. The van der Waals surface area contributed by atoms with Crippen molar-refractivity contribution in [2.75, 3.05) is 6.54 Å². The van der Waals surface area contributed by atoms with Gasteiger partial charge in [-0.3, -0.25) is 4.79 Å². The molecule has 24 heavy (non-hydrogen) atoms. The largest absolute Gasteiger partial charge is 0.349 e. The molecule has 0 saturated carbocycles. The zero-order valence-corrected chi connectivity index (χ0v) is 15.7. The summed E-state index contributed by atoms with van der Waals surface area (Å²) in [7, 11) is 0. The quantitative estimate of drug-likeness (QED) is 0.842. The predicted octanol–water partition coefficient (Wildman–Crippen LogP) is 2.98. The van der Waals surface area contributed by atoms with Gasteiger partial charge in [-0.15, -0.1) is 0 Å². The van der Waals surface area contributed by atoms with Gasteiger partial charge in [-0.2, -0.15) is 5.10 Å². The standard InChI is InChI=1S/C18H23BrN4O/c1-18(2,20)11-21-17(24)16-14-8-3-4-9-15(14)23(22-16)13-7-5-6-12(19)10-13/h5-7,10H,3-4,8-9,11,20H2,1-2H3,(H,21,24). The summed E-state index contributed by atoms with van der Waals surface area (Å²) < 4.78 is 2.91. The normalized spacial score (nSPS) is 14.3. The number of carbonyl (C=O) groups is 1. The Hall–Kier alpha value is -1.66. The SMILES string of the molecule is CC(C)(N)CNC(=O)c1nn(-c2cccc(Br)c2)c2c1CCCC2. The van der Waals surface area contributed by atoms with Crippen molar-refractivity contribution in [3.8, 4) is 5.69 Å². The van der Waals surface area contributed by atoms with Gasteiger partial charge in [0.25, 0.3) is 5.91 Å². The van der Waals surface area contributed by atoms with E-state index in [-0.39, 0.29) is 5.91 Å². The van der Waals surface area contributed by atoms with E-state index in [0.29, 0.717) is 12.2 Å². The number of benzene rings is 1. The highest BCUT2D eigenvalue weighted by Gasteiger charge is 2.26. The van der Waals surface area contributed by atoms with Gasteiger partial charge in [0.15, 0.2) is 5.69 Å². The fourth-order valence-electron chi connectivity index (χ4n) is 2.99. The molecule has 1 aliphatic carbocycles. The van der Waals surface area contributed by atoms with Gasteiger partial charge in [0.2, 0.25) is 0 Å². The number of nitrogens with zero attached hydrogens (tertiary/aromatic N) is 2. The molecule has 1 heterocycles. The van der Waals surface area contributed by atoms with Crippen LogP contribution in [0.3, 0.4) is 0 Å². The third kappa shape index (κ3) is 3.70. The Kier molecular flexibility index (Phi) is 4.78. The summed E-state index contributed by atoms with van der Waals surface area (Å²) in [6, 6.07) is 7.99. The monoisotopic (exact) mass is 390 g/mol. The summed E-state index contributed by atoms with van der Waals surface area (Å²) >= 11 is 3.50. The fraction of sp³-hybridized carbons (Fsp3) is 0.444. The maximum Gasteiger partial charge on any atom is 0.272 e. The highest BCUT2D eigenvalue weighted by molar-refractivity contribution is 9.10. The molecule has 3 rings (SSSR count). The number of nitrogens with one attached hydrogen (secondary N) is 1. The van der Waals surface area contributed by atoms with Crippen LogP contribution in [0, 0.1) is 0 Å². The molecule has 1 aromatic heterocycles. The van der Waals surface area contributed by atoms with Crippen LogP contribution in [0.2, 0.25) is 0 Å². The number of amides is 1. The van der Waals surface area contributed by atoms with E-state index in [0.717, 1.165) is 47.1 Å². The molecular formula is C18H23BrN4O. The van der Waals surface area contributed by atoms with E-state index in [1.54, 1.807) is 0 Å². The van der Waals surface area contributed by atoms with Gasteiger partial charge in [-0.25, -0.2) is 4.68 Å². The predicted molar refractivity (Wildman–Crippen MR) is 98.5 cm³/mol. The van der Waals surface area contributed by atoms with Crippen molar-refractivity contribution in [3.63, 3.8) is 0 Å². The first kappa shape index (κ1) is 17.2. The highest BCUT2D eigenvalue weighted by atomic mass is 79.9. The van der Waals surface area contributed by atoms with E-state index in [1.807, 2.05) is 42.8 Å². The Morgan fingerprint density at radius 2 is 2.12 bits per heavy atom. The van der Waals surface area contributed by atoms with Crippen LogP contribution in [0.5, 0.6) is 0 Å². The first-order valence-electron chi connectivity index (χ1n) is 8.29. The maximum absolute atomic E-state index is 12.6. The minimum atomic E-state index is -0.442. The number of carbonyl (C=O) groups excluding carboxylic acids is 1. The lowest BCUT2D eigenvalue weighted by Gasteiger charge is -2.19. The van der Waals surface area contributed by atoms with Crippen LogP contribution in [0.4, 0.5) is 0 Å². The van der Waals surface area contributed by atoms with E-state index < -0.39 is 5.54 Å². The van der Waals surface area contributed by atoms with Crippen LogP contribution in [0.25, 0.3) is 5.69 Å². The smallest absolute Gasteiger partial charge is 0.272 e. The molecule has 1 amide bonds. The first-order chi connectivity index (χ1) is 11.3. The van der Waals surface area contributed by atoms with Crippen LogP contribution < -0.4 is 11.1 Å². The molecule has 128 valence electrons. The van der Waals surface area contributed by atoms with E-state index in [9.17, 15) is 4.79 Å². The van der Waals surface area contributed by atoms with Gasteiger partial charge in [0.1, 0.15) is 0 Å². The zero-order chi connectivity index (χ0) is 17.3. The molecule has 6 heteroatoms. The van der Waals surface area contributed by atoms with E-state index in [2.05, 4.69) is 26.3 Å². The van der Waals surface area contributed by atoms with Gasteiger partial charge in [-0.05, 0) is 57.7 Å². The molecule has 0 spiro atoms. The van der Waals surface area contributed by atoms with Crippen LogP contribution in [-0.2, 0) is 12.8 Å². The third-order valence-corrected chi connectivity index (χ3v) is 4.65. The summed E-state index contributed by atoms with van der Waals surface area (Å²) in [6.45, 7) is 4.20. The van der Waals surface area contributed by atoms with Gasteiger partial charge >= 0.3 is 0 Å². The van der Waals surface area contributed by atoms with Crippen molar-refractivity contribution in [1.82, 2.24) is 15.1 Å². The Labute approximate surface area is 150 Å². The third-order valence-electron chi connectivity index (χ3n) is 4.15. The Morgan fingerprint density at radius 1 is 1.38 bits per heavy atom. The Balaban J connectivity index is 1.97. The van der Waals surface area contributed by atoms with Gasteiger partial charge in [0, 0.05) is 27.8 Å². The van der Waals surface area contributed by atoms with Crippen LogP contribution in [0.15, 0.2) is 28.7 Å². The summed E-state index contributed by atoms with van der Waals surface area (Å²) in [5.41, 5.74) is 9.26. The maximum atomic E-state index is 12.6. The lowest BCUT2D eigenvalue weighted by atomic mass is 9.95. The number of fused-ring (bicyclic) bond motifs is 1. The molecule has 3 N–H and O–H groups in total. The molecule has 0 radical (unpaired) electrons. The lowest BCUT2D eigenvalue weighted by molar-refractivity contribution is 0.0939. The molecule has 5 nitrogen and oxygen atoms in total. The molecule has 0 atom stereocenters. The second-order valence-electron chi connectivity index (χ2n) is 7.04. The number of rotatable bonds is 4. The van der Waals surface area contributed by atoms with Crippen molar-refractivity contribution < 1.29 is 4.79 Å². The van der Waals surface area contributed by atoms with Crippen molar-refractivity contribution in [1.29, 1.82) is 0 Å². The van der Waals surface area contributed by atoms with E-state index >= 15 is 0 Å². The molecule has 0 saturated heterocycles. The lowest BCUT2D eigenvalue weighted by Crippen LogP contribution is -2.45. The number of aromatic nitrogens is 2. The molecule has 0 unspecified atom stereocenters. The molecular weight excluding hydrogens is 368 g/mol. The number of halogens is 1. The minimum absolute atomic E-state index is 0.138. The first-order valence-corrected chi connectivity index (χ1v) is 9.08. The fourth-order valence-corrected chi connectivity index (χ4v) is 3.38. The molecule has 2 aromatic rings. The minimum Gasteiger partial charge on any atom is -0.349 e. The van der Waals surface area contributed by atoms with Crippen molar-refractivity contribution in [2.24, 2.45) is 5.73 Å². The average Bonchev–Trinajstić information content (AvgIpc) is 2.92.